The number of halogens is 3. The summed E-state index contributed by atoms with van der Waals surface area (Å²) in [6.07, 6.45) is 1.97. The summed E-state index contributed by atoms with van der Waals surface area (Å²) in [7, 11) is 0. The molecule has 0 saturated heterocycles. The molecule has 2 heterocycles. The van der Waals surface area contributed by atoms with Gasteiger partial charge in [-0.15, -0.1) is 0 Å². The number of nitrogens with two attached hydrogens (primary N) is 1. The van der Waals surface area contributed by atoms with Crippen LogP contribution in [0.25, 0.3) is 16.9 Å². The van der Waals surface area contributed by atoms with Crippen LogP contribution in [0.15, 0.2) is 36.5 Å². The van der Waals surface area contributed by atoms with Crippen LogP contribution in [0.1, 0.15) is 5.69 Å². The van der Waals surface area contributed by atoms with E-state index in [1.165, 1.54) is 12.3 Å². The standard InChI is InChI=1S/C15H12Cl2FN3/c16-9-1-3-11(12(17)7-9)15-13(5-6-19)21-8-10(18)2-4-14(21)20-15/h1-4,7-8H,5-6,19H2. The van der Waals surface area contributed by atoms with E-state index in [1.807, 2.05) is 6.07 Å². The highest BCUT2D eigenvalue weighted by atomic mass is 35.5. The minimum absolute atomic E-state index is 0.327. The molecule has 0 bridgehead atoms. The van der Waals surface area contributed by atoms with Crippen molar-refractivity contribution in [3.05, 3.63) is 58.1 Å². The Balaban J connectivity index is 2.28. The summed E-state index contributed by atoms with van der Waals surface area (Å²) < 4.78 is 15.2. The number of nitrogens with zero attached hydrogens (tertiary/aromatic N) is 2. The highest BCUT2D eigenvalue weighted by molar-refractivity contribution is 6.36. The van der Waals surface area contributed by atoms with E-state index in [4.69, 9.17) is 28.9 Å². The topological polar surface area (TPSA) is 43.3 Å². The third-order valence-electron chi connectivity index (χ3n) is 3.25. The van der Waals surface area contributed by atoms with Gasteiger partial charge in [0.2, 0.25) is 0 Å². The molecule has 3 rings (SSSR count). The van der Waals surface area contributed by atoms with Gasteiger partial charge in [-0.05, 0) is 36.9 Å². The summed E-state index contributed by atoms with van der Waals surface area (Å²) >= 11 is 12.2. The highest BCUT2D eigenvalue weighted by Crippen LogP contribution is 2.32. The second kappa shape index (κ2) is 5.64. The summed E-state index contributed by atoms with van der Waals surface area (Å²) in [6, 6.07) is 8.22. The van der Waals surface area contributed by atoms with Crippen molar-refractivity contribution in [1.29, 1.82) is 0 Å². The molecule has 0 aliphatic carbocycles. The van der Waals surface area contributed by atoms with Gasteiger partial charge >= 0.3 is 0 Å². The molecule has 0 atom stereocenters. The van der Waals surface area contributed by atoms with Gasteiger partial charge in [-0.3, -0.25) is 0 Å². The second-order valence-electron chi connectivity index (χ2n) is 4.65. The van der Waals surface area contributed by atoms with E-state index in [1.54, 1.807) is 22.6 Å². The Hall–Kier alpha value is -1.62. The molecule has 0 spiro atoms. The summed E-state index contributed by atoms with van der Waals surface area (Å²) in [4.78, 5) is 4.55. The van der Waals surface area contributed by atoms with E-state index in [-0.39, 0.29) is 5.82 Å². The molecule has 3 nitrogen and oxygen atoms in total. The monoisotopic (exact) mass is 323 g/mol. The van der Waals surface area contributed by atoms with E-state index < -0.39 is 0 Å². The quantitative estimate of drug-likeness (QED) is 0.793. The number of fused-ring (bicyclic) bond motifs is 1. The molecule has 0 amide bonds. The van der Waals surface area contributed by atoms with Crippen molar-refractivity contribution in [1.82, 2.24) is 9.38 Å². The number of rotatable bonds is 3. The van der Waals surface area contributed by atoms with E-state index in [0.29, 0.717) is 34.4 Å². The van der Waals surface area contributed by atoms with Crippen molar-refractivity contribution >= 4 is 28.8 Å². The summed E-state index contributed by atoms with van der Waals surface area (Å²) in [6.45, 7) is 0.433. The van der Waals surface area contributed by atoms with Crippen molar-refractivity contribution < 1.29 is 4.39 Å². The Labute approximate surface area is 131 Å². The van der Waals surface area contributed by atoms with E-state index >= 15 is 0 Å². The van der Waals surface area contributed by atoms with Crippen LogP contribution in [-0.2, 0) is 6.42 Å². The van der Waals surface area contributed by atoms with Crippen LogP contribution in [0.4, 0.5) is 4.39 Å². The summed E-state index contributed by atoms with van der Waals surface area (Å²) in [5, 5.41) is 1.06. The van der Waals surface area contributed by atoms with Gasteiger partial charge in [0.05, 0.1) is 16.4 Å². The molecule has 6 heteroatoms. The molecular weight excluding hydrogens is 312 g/mol. The largest absolute Gasteiger partial charge is 0.330 e. The van der Waals surface area contributed by atoms with Gasteiger partial charge in [0, 0.05) is 23.2 Å². The number of aromatic nitrogens is 2. The molecule has 0 radical (unpaired) electrons. The van der Waals surface area contributed by atoms with Gasteiger partial charge in [-0.1, -0.05) is 23.2 Å². The van der Waals surface area contributed by atoms with Crippen molar-refractivity contribution in [2.75, 3.05) is 6.54 Å². The smallest absolute Gasteiger partial charge is 0.139 e. The Bertz CT molecular complexity index is 814. The Morgan fingerprint density at radius 3 is 2.71 bits per heavy atom. The lowest BCUT2D eigenvalue weighted by Crippen LogP contribution is -2.06. The molecule has 0 aliphatic heterocycles. The maximum atomic E-state index is 13.5. The number of imidazole rings is 1. The molecule has 0 aliphatic rings. The third-order valence-corrected chi connectivity index (χ3v) is 3.80. The van der Waals surface area contributed by atoms with E-state index in [0.717, 1.165) is 11.3 Å². The lowest BCUT2D eigenvalue weighted by Gasteiger charge is -2.06. The van der Waals surface area contributed by atoms with Gasteiger partial charge in [0.1, 0.15) is 11.5 Å². The lowest BCUT2D eigenvalue weighted by molar-refractivity contribution is 0.617. The number of pyridine rings is 1. The van der Waals surface area contributed by atoms with Crippen LogP contribution in [-0.4, -0.2) is 15.9 Å². The zero-order valence-corrected chi connectivity index (χ0v) is 12.5. The summed E-state index contributed by atoms with van der Waals surface area (Å²) in [5.74, 6) is -0.327. The minimum atomic E-state index is -0.327. The predicted octanol–water partition coefficient (Wildman–Crippen LogP) is 3.95. The van der Waals surface area contributed by atoms with Gasteiger partial charge < -0.3 is 10.1 Å². The van der Waals surface area contributed by atoms with Crippen LogP contribution in [0.2, 0.25) is 10.0 Å². The Morgan fingerprint density at radius 1 is 1.19 bits per heavy atom. The minimum Gasteiger partial charge on any atom is -0.330 e. The first-order valence-electron chi connectivity index (χ1n) is 6.42. The average molecular weight is 324 g/mol. The van der Waals surface area contributed by atoms with Gasteiger partial charge in [0.25, 0.3) is 0 Å². The number of hydrogen-bond donors (Lipinski definition) is 1. The maximum absolute atomic E-state index is 13.5. The summed E-state index contributed by atoms with van der Waals surface area (Å²) in [5.41, 5.74) is 8.61. The first kappa shape index (κ1) is 14.3. The average Bonchev–Trinajstić information content (AvgIpc) is 2.78. The van der Waals surface area contributed by atoms with E-state index in [2.05, 4.69) is 4.98 Å². The van der Waals surface area contributed by atoms with Gasteiger partial charge in [0.15, 0.2) is 0 Å². The van der Waals surface area contributed by atoms with Crippen molar-refractivity contribution in [2.24, 2.45) is 5.73 Å². The third kappa shape index (κ3) is 2.62. The maximum Gasteiger partial charge on any atom is 0.139 e. The SMILES string of the molecule is NCCc1c(-c2ccc(Cl)cc2Cl)nc2ccc(F)cn12. The second-order valence-corrected chi connectivity index (χ2v) is 5.49. The molecule has 2 aromatic heterocycles. The zero-order chi connectivity index (χ0) is 15.0. The molecular formula is C15H12Cl2FN3. The molecule has 1 aromatic carbocycles. The first-order chi connectivity index (χ1) is 10.1. The molecule has 108 valence electrons. The molecule has 0 saturated carbocycles. The highest BCUT2D eigenvalue weighted by Gasteiger charge is 2.16. The lowest BCUT2D eigenvalue weighted by atomic mass is 10.1. The van der Waals surface area contributed by atoms with Crippen molar-refractivity contribution in [2.45, 2.75) is 6.42 Å². The Kier molecular flexibility index (Phi) is 3.85. The van der Waals surface area contributed by atoms with Crippen molar-refractivity contribution in [3.8, 4) is 11.3 Å². The van der Waals surface area contributed by atoms with Crippen LogP contribution >= 0.6 is 23.2 Å². The first-order valence-corrected chi connectivity index (χ1v) is 7.17. The molecule has 0 fully saturated rings. The zero-order valence-electron chi connectivity index (χ0n) is 11.0. The number of benzene rings is 1. The van der Waals surface area contributed by atoms with E-state index in [9.17, 15) is 4.39 Å². The van der Waals surface area contributed by atoms with Crippen LogP contribution in [0.3, 0.4) is 0 Å². The normalized spacial score (nSPS) is 11.2. The van der Waals surface area contributed by atoms with Crippen molar-refractivity contribution in [3.63, 3.8) is 0 Å². The molecule has 3 aromatic rings. The van der Waals surface area contributed by atoms with Crippen LogP contribution in [0, 0.1) is 5.82 Å². The van der Waals surface area contributed by atoms with Crippen LogP contribution < -0.4 is 5.73 Å². The Morgan fingerprint density at radius 2 is 2.00 bits per heavy atom. The fraction of sp³-hybridized carbons (Fsp3) is 0.133. The predicted molar refractivity (Wildman–Crippen MR) is 83.4 cm³/mol. The fourth-order valence-electron chi connectivity index (χ4n) is 2.34. The fourth-order valence-corrected chi connectivity index (χ4v) is 2.84. The molecule has 0 unspecified atom stereocenters. The van der Waals surface area contributed by atoms with Gasteiger partial charge in [-0.2, -0.15) is 0 Å². The van der Waals surface area contributed by atoms with Crippen LogP contribution in [0.5, 0.6) is 0 Å². The van der Waals surface area contributed by atoms with Gasteiger partial charge in [-0.25, -0.2) is 9.37 Å². The molecule has 2 N–H and O–H groups in total. The number of hydrogen-bond acceptors (Lipinski definition) is 2. The molecule has 21 heavy (non-hydrogen) atoms.